The first kappa shape index (κ1) is 17.0. The average molecular weight is 328 g/mol. The van der Waals surface area contributed by atoms with Crippen molar-refractivity contribution in [2.45, 2.75) is 38.6 Å². The highest BCUT2D eigenvalue weighted by atomic mass is 16.5. The van der Waals surface area contributed by atoms with Crippen molar-refractivity contribution in [1.29, 1.82) is 0 Å². The van der Waals surface area contributed by atoms with Crippen LogP contribution in [0, 0.1) is 0 Å². The van der Waals surface area contributed by atoms with Crippen molar-refractivity contribution < 1.29 is 9.47 Å². The molecule has 6 heteroatoms. The van der Waals surface area contributed by atoms with Crippen LogP contribution in [0.1, 0.15) is 29.9 Å². The highest BCUT2D eigenvalue weighted by molar-refractivity contribution is 5.07. The lowest BCUT2D eigenvalue weighted by molar-refractivity contribution is 0.0674. The molecule has 128 valence electrons. The molecule has 1 unspecified atom stereocenters. The van der Waals surface area contributed by atoms with E-state index in [4.69, 9.17) is 9.47 Å². The topological polar surface area (TPSA) is 60.4 Å². The second-order valence-corrected chi connectivity index (χ2v) is 6.07. The molecule has 0 saturated carbocycles. The zero-order chi connectivity index (χ0) is 16.6. The first-order chi connectivity index (χ1) is 11.8. The molecule has 0 N–H and O–H groups in total. The standard InChI is InChI=1S/C18H24N4O2/c1-23-14-18-20-9-15(10-21-18)11-22(13-17-6-4-8-24-17)12-16-5-2-3-7-19-16/h2-3,5,7,9-10,17H,4,6,8,11-14H2,1H3. The van der Waals surface area contributed by atoms with E-state index in [9.17, 15) is 0 Å². The minimum Gasteiger partial charge on any atom is -0.377 e. The normalized spacial score (nSPS) is 17.5. The maximum atomic E-state index is 5.80. The number of rotatable bonds is 8. The van der Waals surface area contributed by atoms with Gasteiger partial charge >= 0.3 is 0 Å². The Morgan fingerprint density at radius 1 is 1.21 bits per heavy atom. The summed E-state index contributed by atoms with van der Waals surface area (Å²) >= 11 is 0. The van der Waals surface area contributed by atoms with Gasteiger partial charge in [0.15, 0.2) is 5.82 Å². The summed E-state index contributed by atoms with van der Waals surface area (Å²) in [5.74, 6) is 0.705. The number of methoxy groups -OCH3 is 1. The van der Waals surface area contributed by atoms with Gasteiger partial charge in [0.2, 0.25) is 0 Å². The third-order valence-electron chi connectivity index (χ3n) is 4.04. The second kappa shape index (κ2) is 8.82. The lowest BCUT2D eigenvalue weighted by Gasteiger charge is -2.24. The zero-order valence-corrected chi connectivity index (χ0v) is 14.1. The van der Waals surface area contributed by atoms with E-state index in [2.05, 4.69) is 25.9 Å². The first-order valence-corrected chi connectivity index (χ1v) is 8.36. The fourth-order valence-corrected chi connectivity index (χ4v) is 2.91. The van der Waals surface area contributed by atoms with Crippen LogP contribution >= 0.6 is 0 Å². The molecule has 1 aliphatic rings. The summed E-state index contributed by atoms with van der Waals surface area (Å²) in [6, 6.07) is 6.02. The van der Waals surface area contributed by atoms with Crippen LogP contribution in [-0.2, 0) is 29.2 Å². The van der Waals surface area contributed by atoms with Gasteiger partial charge in [0.05, 0.1) is 11.8 Å². The van der Waals surface area contributed by atoms with Gasteiger partial charge in [-0.15, -0.1) is 0 Å². The van der Waals surface area contributed by atoms with E-state index < -0.39 is 0 Å². The highest BCUT2D eigenvalue weighted by Gasteiger charge is 2.20. The molecule has 6 nitrogen and oxygen atoms in total. The van der Waals surface area contributed by atoms with E-state index in [1.54, 1.807) is 7.11 Å². The maximum absolute atomic E-state index is 5.80. The predicted octanol–water partition coefficient (Wildman–Crippen LogP) is 2.20. The minimum atomic E-state index is 0.308. The Morgan fingerprint density at radius 2 is 2.08 bits per heavy atom. The van der Waals surface area contributed by atoms with Gasteiger partial charge < -0.3 is 9.47 Å². The fourth-order valence-electron chi connectivity index (χ4n) is 2.91. The molecule has 2 aromatic rings. The van der Waals surface area contributed by atoms with E-state index >= 15 is 0 Å². The van der Waals surface area contributed by atoms with Gasteiger partial charge in [-0.05, 0) is 25.0 Å². The van der Waals surface area contributed by atoms with Crippen molar-refractivity contribution in [2.24, 2.45) is 0 Å². The van der Waals surface area contributed by atoms with Crippen LogP contribution in [-0.4, -0.2) is 46.2 Å². The van der Waals surface area contributed by atoms with Gasteiger partial charge in [-0.25, -0.2) is 9.97 Å². The van der Waals surface area contributed by atoms with Crippen molar-refractivity contribution in [3.63, 3.8) is 0 Å². The smallest absolute Gasteiger partial charge is 0.153 e. The molecule has 0 aromatic carbocycles. The molecule has 0 radical (unpaired) electrons. The van der Waals surface area contributed by atoms with Crippen LogP contribution in [0.4, 0.5) is 0 Å². The molecule has 24 heavy (non-hydrogen) atoms. The molecule has 3 heterocycles. The van der Waals surface area contributed by atoms with Crippen LogP contribution in [0.2, 0.25) is 0 Å². The van der Waals surface area contributed by atoms with Crippen molar-refractivity contribution in [1.82, 2.24) is 19.9 Å². The quantitative estimate of drug-likeness (QED) is 0.740. The van der Waals surface area contributed by atoms with E-state index in [-0.39, 0.29) is 0 Å². The Kier molecular flexibility index (Phi) is 6.23. The Bertz CT molecular complexity index is 600. The zero-order valence-electron chi connectivity index (χ0n) is 14.1. The molecule has 1 saturated heterocycles. The largest absolute Gasteiger partial charge is 0.377 e. The van der Waals surface area contributed by atoms with Crippen LogP contribution in [0.25, 0.3) is 0 Å². The van der Waals surface area contributed by atoms with Gasteiger partial charge in [-0.2, -0.15) is 0 Å². The minimum absolute atomic E-state index is 0.308. The molecule has 1 atom stereocenters. The van der Waals surface area contributed by atoms with Crippen molar-refractivity contribution in [3.05, 3.63) is 53.9 Å². The summed E-state index contributed by atoms with van der Waals surface area (Å²) in [5.41, 5.74) is 2.15. The first-order valence-electron chi connectivity index (χ1n) is 8.36. The number of pyridine rings is 1. The van der Waals surface area contributed by atoms with Crippen LogP contribution in [0.3, 0.4) is 0 Å². The van der Waals surface area contributed by atoms with E-state index in [0.717, 1.165) is 50.3 Å². The molecular weight excluding hydrogens is 304 g/mol. The Morgan fingerprint density at radius 3 is 2.75 bits per heavy atom. The molecule has 1 aliphatic heterocycles. The van der Waals surface area contributed by atoms with Crippen LogP contribution < -0.4 is 0 Å². The third-order valence-corrected chi connectivity index (χ3v) is 4.04. The molecular formula is C18H24N4O2. The monoisotopic (exact) mass is 328 g/mol. The molecule has 3 rings (SSSR count). The summed E-state index contributed by atoms with van der Waals surface area (Å²) < 4.78 is 10.9. The third kappa shape index (κ3) is 5.06. The molecule has 0 spiro atoms. The van der Waals surface area contributed by atoms with Crippen LogP contribution in [0.5, 0.6) is 0 Å². The van der Waals surface area contributed by atoms with Gasteiger partial charge in [0.25, 0.3) is 0 Å². The Hall–Kier alpha value is -1.89. The summed E-state index contributed by atoms with van der Waals surface area (Å²) in [7, 11) is 1.65. The predicted molar refractivity (Wildman–Crippen MR) is 90.1 cm³/mol. The van der Waals surface area contributed by atoms with Gasteiger partial charge in [0, 0.05) is 57.5 Å². The van der Waals surface area contributed by atoms with Crippen molar-refractivity contribution in [2.75, 3.05) is 20.3 Å². The van der Waals surface area contributed by atoms with Crippen LogP contribution in [0.15, 0.2) is 36.8 Å². The van der Waals surface area contributed by atoms with Gasteiger partial charge in [-0.1, -0.05) is 6.07 Å². The fraction of sp³-hybridized carbons (Fsp3) is 0.500. The SMILES string of the molecule is COCc1ncc(CN(Cc2ccccn2)CC2CCCO2)cn1. The Labute approximate surface area is 142 Å². The Balaban J connectivity index is 1.66. The maximum Gasteiger partial charge on any atom is 0.153 e. The van der Waals surface area contributed by atoms with Crippen molar-refractivity contribution in [3.8, 4) is 0 Å². The number of nitrogens with zero attached hydrogens (tertiary/aromatic N) is 4. The molecule has 2 aromatic heterocycles. The van der Waals surface area contributed by atoms with E-state index in [1.165, 1.54) is 0 Å². The molecule has 0 aliphatic carbocycles. The summed E-state index contributed by atoms with van der Waals surface area (Å²) in [4.78, 5) is 15.5. The number of hydrogen-bond acceptors (Lipinski definition) is 6. The second-order valence-electron chi connectivity index (χ2n) is 6.07. The highest BCUT2D eigenvalue weighted by Crippen LogP contribution is 2.16. The number of aromatic nitrogens is 3. The average Bonchev–Trinajstić information content (AvgIpc) is 3.11. The van der Waals surface area contributed by atoms with E-state index in [0.29, 0.717) is 18.5 Å². The number of hydrogen-bond donors (Lipinski definition) is 0. The lowest BCUT2D eigenvalue weighted by Crippen LogP contribution is -2.31. The molecule has 0 amide bonds. The van der Waals surface area contributed by atoms with Crippen molar-refractivity contribution >= 4 is 0 Å². The van der Waals surface area contributed by atoms with E-state index in [1.807, 2.05) is 30.7 Å². The lowest BCUT2D eigenvalue weighted by atomic mass is 10.2. The van der Waals surface area contributed by atoms with Gasteiger partial charge in [0.1, 0.15) is 6.61 Å². The summed E-state index contributed by atoms with van der Waals surface area (Å²) in [5, 5.41) is 0. The summed E-state index contributed by atoms with van der Waals surface area (Å²) in [6.07, 6.45) is 8.17. The van der Waals surface area contributed by atoms with Gasteiger partial charge in [-0.3, -0.25) is 9.88 Å². The summed E-state index contributed by atoms with van der Waals surface area (Å²) in [6.45, 7) is 3.78. The molecule has 0 bridgehead atoms. The number of ether oxygens (including phenoxy) is 2. The molecule has 1 fully saturated rings.